The highest BCUT2D eigenvalue weighted by Crippen LogP contribution is 2.30. The molecule has 2 aromatic carbocycles. The second-order valence-electron chi connectivity index (χ2n) is 7.24. The molecule has 0 aliphatic carbocycles. The van der Waals surface area contributed by atoms with Crippen LogP contribution in [0, 0.1) is 0 Å². The molecule has 0 heterocycles. The van der Waals surface area contributed by atoms with Crippen LogP contribution in [0.25, 0.3) is 0 Å². The largest absolute Gasteiger partial charge is 0.490 e. The average molecular weight is 442 g/mol. The summed E-state index contributed by atoms with van der Waals surface area (Å²) in [4.78, 5) is 37.8. The summed E-state index contributed by atoms with van der Waals surface area (Å²) < 4.78 is 16.3. The highest BCUT2D eigenvalue weighted by atomic mass is 16.5. The van der Waals surface area contributed by atoms with E-state index in [-0.39, 0.29) is 28.9 Å². The number of carbonyl (C=O) groups excluding carboxylic acids is 3. The van der Waals surface area contributed by atoms with Crippen molar-refractivity contribution in [3.05, 3.63) is 59.2 Å². The molecular formula is C25H31NO6. The third kappa shape index (κ3) is 6.83. The van der Waals surface area contributed by atoms with E-state index in [4.69, 9.17) is 14.2 Å². The number of ketones is 1. The van der Waals surface area contributed by atoms with Crippen LogP contribution in [0.5, 0.6) is 11.5 Å². The van der Waals surface area contributed by atoms with Crippen molar-refractivity contribution in [1.29, 1.82) is 0 Å². The monoisotopic (exact) mass is 441 g/mol. The first-order valence-electron chi connectivity index (χ1n) is 10.9. The van der Waals surface area contributed by atoms with Crippen molar-refractivity contribution in [2.75, 3.05) is 19.8 Å². The van der Waals surface area contributed by atoms with Crippen molar-refractivity contribution in [2.24, 2.45) is 0 Å². The predicted octanol–water partition coefficient (Wildman–Crippen LogP) is 4.18. The number of benzene rings is 2. The molecule has 0 aromatic heterocycles. The zero-order valence-corrected chi connectivity index (χ0v) is 19.1. The van der Waals surface area contributed by atoms with Crippen LogP contribution in [-0.2, 0) is 9.53 Å². The Hall–Kier alpha value is -3.35. The summed E-state index contributed by atoms with van der Waals surface area (Å²) in [6.07, 6.45) is 1.77. The van der Waals surface area contributed by atoms with Crippen molar-refractivity contribution >= 4 is 17.7 Å². The number of hydrogen-bond donors (Lipinski definition) is 1. The van der Waals surface area contributed by atoms with E-state index in [0.29, 0.717) is 30.3 Å². The molecule has 7 heteroatoms. The van der Waals surface area contributed by atoms with Gasteiger partial charge in [0, 0.05) is 17.2 Å². The highest BCUT2D eigenvalue weighted by molar-refractivity contribution is 6.14. The molecule has 0 aliphatic rings. The number of hydrogen-bond acceptors (Lipinski definition) is 6. The topological polar surface area (TPSA) is 90.9 Å². The lowest BCUT2D eigenvalue weighted by Gasteiger charge is -2.14. The lowest BCUT2D eigenvalue weighted by Crippen LogP contribution is -2.35. The van der Waals surface area contributed by atoms with Gasteiger partial charge in [0.1, 0.15) is 0 Å². The fourth-order valence-electron chi connectivity index (χ4n) is 3.24. The summed E-state index contributed by atoms with van der Waals surface area (Å²) in [7, 11) is 0. The number of esters is 1. The third-order valence-corrected chi connectivity index (χ3v) is 4.66. The molecular weight excluding hydrogens is 410 g/mol. The second kappa shape index (κ2) is 12.5. The van der Waals surface area contributed by atoms with Gasteiger partial charge in [-0.2, -0.15) is 0 Å². The van der Waals surface area contributed by atoms with Gasteiger partial charge in [-0.05, 0) is 51.5 Å². The summed E-state index contributed by atoms with van der Waals surface area (Å²) in [6, 6.07) is 11.3. The van der Waals surface area contributed by atoms with Gasteiger partial charge in [-0.25, -0.2) is 4.79 Å². The van der Waals surface area contributed by atoms with Crippen LogP contribution in [0.1, 0.15) is 66.8 Å². The van der Waals surface area contributed by atoms with Crippen LogP contribution in [0.4, 0.5) is 0 Å². The fourth-order valence-corrected chi connectivity index (χ4v) is 3.24. The standard InChI is InChI=1S/C25H31NO6/c1-5-10-17(4)26-23(27)16-32-25(29)20-12-9-8-11-19(20)24(28)18-13-14-21(30-6-2)22(15-18)31-7-3/h8-9,11-15,17H,5-7,10,16H2,1-4H3,(H,26,27). The van der Waals surface area contributed by atoms with Crippen molar-refractivity contribution in [3.63, 3.8) is 0 Å². The maximum absolute atomic E-state index is 13.2. The summed E-state index contributed by atoms with van der Waals surface area (Å²) in [5.41, 5.74) is 0.630. The van der Waals surface area contributed by atoms with Crippen LogP contribution in [0.15, 0.2) is 42.5 Å². The minimum Gasteiger partial charge on any atom is -0.490 e. The zero-order valence-electron chi connectivity index (χ0n) is 19.1. The van der Waals surface area contributed by atoms with Gasteiger partial charge in [0.15, 0.2) is 23.9 Å². The molecule has 1 atom stereocenters. The first kappa shape index (κ1) is 24.9. The summed E-state index contributed by atoms with van der Waals surface area (Å²) >= 11 is 0. The van der Waals surface area contributed by atoms with Crippen molar-refractivity contribution in [3.8, 4) is 11.5 Å². The van der Waals surface area contributed by atoms with E-state index >= 15 is 0 Å². The van der Waals surface area contributed by atoms with E-state index in [2.05, 4.69) is 5.32 Å². The molecule has 0 saturated heterocycles. The summed E-state index contributed by atoms with van der Waals surface area (Å²) in [6.45, 7) is 8.10. The van der Waals surface area contributed by atoms with Gasteiger partial charge in [-0.3, -0.25) is 9.59 Å². The normalized spacial score (nSPS) is 11.4. The van der Waals surface area contributed by atoms with Crippen LogP contribution in [0.3, 0.4) is 0 Å². The molecule has 1 unspecified atom stereocenters. The van der Waals surface area contributed by atoms with Crippen LogP contribution >= 0.6 is 0 Å². The molecule has 172 valence electrons. The molecule has 2 rings (SSSR count). The van der Waals surface area contributed by atoms with Gasteiger partial charge in [-0.1, -0.05) is 31.5 Å². The van der Waals surface area contributed by atoms with E-state index < -0.39 is 12.6 Å². The molecule has 1 amide bonds. The van der Waals surface area contributed by atoms with Gasteiger partial charge in [-0.15, -0.1) is 0 Å². The van der Waals surface area contributed by atoms with E-state index in [1.54, 1.807) is 36.4 Å². The Kier molecular flexibility index (Phi) is 9.73. The molecule has 7 nitrogen and oxygen atoms in total. The number of ether oxygens (including phenoxy) is 3. The first-order valence-corrected chi connectivity index (χ1v) is 10.9. The zero-order chi connectivity index (χ0) is 23.5. The Morgan fingerprint density at radius 2 is 1.56 bits per heavy atom. The van der Waals surface area contributed by atoms with Crippen LogP contribution < -0.4 is 14.8 Å². The van der Waals surface area contributed by atoms with Gasteiger partial charge in [0.05, 0.1) is 18.8 Å². The molecule has 2 aromatic rings. The lowest BCUT2D eigenvalue weighted by atomic mass is 9.98. The minimum atomic E-state index is -0.733. The number of amides is 1. The Bertz CT molecular complexity index is 940. The molecule has 0 fully saturated rings. The van der Waals surface area contributed by atoms with Gasteiger partial charge >= 0.3 is 5.97 Å². The Labute approximate surface area is 189 Å². The SMILES string of the molecule is CCCC(C)NC(=O)COC(=O)c1ccccc1C(=O)c1ccc(OCC)c(OCC)c1. The minimum absolute atomic E-state index is 0.000684. The number of nitrogens with one attached hydrogen (secondary N) is 1. The molecule has 0 spiro atoms. The molecule has 32 heavy (non-hydrogen) atoms. The smallest absolute Gasteiger partial charge is 0.339 e. The number of rotatable bonds is 12. The molecule has 0 radical (unpaired) electrons. The van der Waals surface area contributed by atoms with E-state index in [1.807, 2.05) is 27.7 Å². The van der Waals surface area contributed by atoms with Crippen molar-refractivity contribution < 1.29 is 28.6 Å². The third-order valence-electron chi connectivity index (χ3n) is 4.66. The predicted molar refractivity (Wildman–Crippen MR) is 121 cm³/mol. The maximum Gasteiger partial charge on any atom is 0.339 e. The molecule has 1 N–H and O–H groups in total. The second-order valence-corrected chi connectivity index (χ2v) is 7.24. The summed E-state index contributed by atoms with van der Waals surface area (Å²) in [5, 5.41) is 2.78. The van der Waals surface area contributed by atoms with Gasteiger partial charge in [0.2, 0.25) is 0 Å². The first-order chi connectivity index (χ1) is 15.4. The fraction of sp³-hybridized carbons (Fsp3) is 0.400. The van der Waals surface area contributed by atoms with Gasteiger partial charge < -0.3 is 19.5 Å². The van der Waals surface area contributed by atoms with Crippen molar-refractivity contribution in [2.45, 2.75) is 46.6 Å². The molecule has 0 bridgehead atoms. The number of carbonyl (C=O) groups is 3. The van der Waals surface area contributed by atoms with Crippen LogP contribution in [-0.4, -0.2) is 43.5 Å². The van der Waals surface area contributed by atoms with Gasteiger partial charge in [0.25, 0.3) is 5.91 Å². The molecule has 0 aliphatic heterocycles. The van der Waals surface area contributed by atoms with E-state index in [0.717, 1.165) is 12.8 Å². The Morgan fingerprint density at radius 1 is 0.906 bits per heavy atom. The summed E-state index contributed by atoms with van der Waals surface area (Å²) in [5.74, 6) is -0.471. The lowest BCUT2D eigenvalue weighted by molar-refractivity contribution is -0.124. The van der Waals surface area contributed by atoms with E-state index in [9.17, 15) is 14.4 Å². The maximum atomic E-state index is 13.2. The Balaban J connectivity index is 2.18. The quantitative estimate of drug-likeness (QED) is 0.393. The van der Waals surface area contributed by atoms with Crippen molar-refractivity contribution in [1.82, 2.24) is 5.32 Å². The highest BCUT2D eigenvalue weighted by Gasteiger charge is 2.21. The Morgan fingerprint density at radius 3 is 2.22 bits per heavy atom. The molecule has 0 saturated carbocycles. The van der Waals surface area contributed by atoms with Crippen LogP contribution in [0.2, 0.25) is 0 Å². The van der Waals surface area contributed by atoms with E-state index in [1.165, 1.54) is 6.07 Å². The average Bonchev–Trinajstić information content (AvgIpc) is 2.78.